The van der Waals surface area contributed by atoms with Gasteiger partial charge in [0.2, 0.25) is 0 Å². The van der Waals surface area contributed by atoms with Crippen molar-refractivity contribution in [2.45, 2.75) is 6.92 Å². The summed E-state index contributed by atoms with van der Waals surface area (Å²) in [6, 6.07) is 16.6. The number of carbonyl (C=O) groups excluding carboxylic acids is 1. The van der Waals surface area contributed by atoms with Crippen molar-refractivity contribution < 1.29 is 9.53 Å². The third kappa shape index (κ3) is 4.07. The fourth-order valence-corrected chi connectivity index (χ4v) is 2.03. The number of aromatic nitrogens is 2. The SMILES string of the molecule is Cc1ccccc1NC(=O)Nc1cnc(Oc2ccccc2)nc1. The second-order valence-corrected chi connectivity index (χ2v) is 5.06. The van der Waals surface area contributed by atoms with Crippen LogP contribution in [0.25, 0.3) is 0 Å². The Kier molecular flexibility index (Phi) is 4.67. The van der Waals surface area contributed by atoms with Crippen LogP contribution in [-0.4, -0.2) is 16.0 Å². The molecule has 3 rings (SSSR count). The van der Waals surface area contributed by atoms with Gasteiger partial charge in [0.1, 0.15) is 5.75 Å². The molecule has 2 amide bonds. The van der Waals surface area contributed by atoms with Gasteiger partial charge in [-0.2, -0.15) is 0 Å². The average Bonchev–Trinajstić information content (AvgIpc) is 2.60. The molecule has 0 aliphatic heterocycles. The molecule has 120 valence electrons. The first kappa shape index (κ1) is 15.5. The van der Waals surface area contributed by atoms with Crippen molar-refractivity contribution in [1.82, 2.24) is 9.97 Å². The number of aryl methyl sites for hydroxylation is 1. The predicted molar refractivity (Wildman–Crippen MR) is 92.4 cm³/mol. The molecule has 0 fully saturated rings. The number of nitrogens with zero attached hydrogens (tertiary/aromatic N) is 2. The molecule has 1 heterocycles. The number of hydrogen-bond donors (Lipinski definition) is 2. The third-order valence-electron chi connectivity index (χ3n) is 3.23. The molecule has 1 aromatic heterocycles. The highest BCUT2D eigenvalue weighted by atomic mass is 16.5. The van der Waals surface area contributed by atoms with Crippen molar-refractivity contribution in [3.8, 4) is 11.8 Å². The van der Waals surface area contributed by atoms with E-state index in [4.69, 9.17) is 4.74 Å². The molecule has 0 saturated heterocycles. The van der Waals surface area contributed by atoms with E-state index < -0.39 is 0 Å². The summed E-state index contributed by atoms with van der Waals surface area (Å²) in [5, 5.41) is 5.45. The molecule has 2 aromatic carbocycles. The van der Waals surface area contributed by atoms with Crippen molar-refractivity contribution in [3.05, 3.63) is 72.6 Å². The Morgan fingerprint density at radius 3 is 2.29 bits per heavy atom. The molecule has 6 heteroatoms. The summed E-state index contributed by atoms with van der Waals surface area (Å²) < 4.78 is 5.50. The molecule has 3 aromatic rings. The van der Waals surface area contributed by atoms with Crippen LogP contribution in [0.4, 0.5) is 16.2 Å². The van der Waals surface area contributed by atoms with E-state index >= 15 is 0 Å². The van der Waals surface area contributed by atoms with Gasteiger partial charge < -0.3 is 15.4 Å². The van der Waals surface area contributed by atoms with E-state index in [2.05, 4.69) is 20.6 Å². The van der Waals surface area contributed by atoms with Gasteiger partial charge in [0.15, 0.2) is 0 Å². The van der Waals surface area contributed by atoms with E-state index in [1.54, 1.807) is 0 Å². The highest BCUT2D eigenvalue weighted by Crippen LogP contribution is 2.18. The van der Waals surface area contributed by atoms with Crippen LogP contribution in [-0.2, 0) is 0 Å². The number of ether oxygens (including phenoxy) is 1. The van der Waals surface area contributed by atoms with Gasteiger partial charge in [-0.25, -0.2) is 14.8 Å². The highest BCUT2D eigenvalue weighted by molar-refractivity contribution is 5.99. The van der Waals surface area contributed by atoms with E-state index in [1.165, 1.54) is 12.4 Å². The lowest BCUT2D eigenvalue weighted by atomic mass is 10.2. The first-order chi connectivity index (χ1) is 11.7. The highest BCUT2D eigenvalue weighted by Gasteiger charge is 2.06. The minimum Gasteiger partial charge on any atom is -0.424 e. The van der Waals surface area contributed by atoms with Gasteiger partial charge in [0.05, 0.1) is 18.1 Å². The number of para-hydroxylation sites is 2. The lowest BCUT2D eigenvalue weighted by Gasteiger charge is -2.09. The molecule has 0 saturated carbocycles. The van der Waals surface area contributed by atoms with Crippen molar-refractivity contribution in [2.75, 3.05) is 10.6 Å². The maximum atomic E-state index is 12.0. The molecule has 0 atom stereocenters. The van der Waals surface area contributed by atoms with Crippen molar-refractivity contribution in [1.29, 1.82) is 0 Å². The molecular weight excluding hydrogens is 304 g/mol. The van der Waals surface area contributed by atoms with Gasteiger partial charge in [-0.3, -0.25) is 0 Å². The fraction of sp³-hybridized carbons (Fsp3) is 0.0556. The first-order valence-corrected chi connectivity index (χ1v) is 7.39. The minimum atomic E-state index is -0.357. The number of rotatable bonds is 4. The molecule has 6 nitrogen and oxygen atoms in total. The van der Waals surface area contributed by atoms with E-state index in [1.807, 2.05) is 61.5 Å². The largest absolute Gasteiger partial charge is 0.424 e. The van der Waals surface area contributed by atoms with Crippen LogP contribution in [0.1, 0.15) is 5.56 Å². The van der Waals surface area contributed by atoms with Crippen LogP contribution in [0.5, 0.6) is 11.8 Å². The Labute approximate surface area is 139 Å². The van der Waals surface area contributed by atoms with E-state index in [-0.39, 0.29) is 12.0 Å². The number of anilines is 2. The minimum absolute atomic E-state index is 0.214. The summed E-state index contributed by atoms with van der Waals surface area (Å²) in [6.07, 6.45) is 2.98. The second-order valence-electron chi connectivity index (χ2n) is 5.06. The van der Waals surface area contributed by atoms with E-state index in [9.17, 15) is 4.79 Å². The van der Waals surface area contributed by atoms with E-state index in [0.717, 1.165) is 11.3 Å². The molecule has 24 heavy (non-hydrogen) atoms. The van der Waals surface area contributed by atoms with Gasteiger partial charge in [-0.15, -0.1) is 0 Å². The van der Waals surface area contributed by atoms with Gasteiger partial charge in [-0.05, 0) is 30.7 Å². The third-order valence-corrected chi connectivity index (χ3v) is 3.23. The standard InChI is InChI=1S/C18H16N4O2/c1-13-7-5-6-10-16(13)22-17(23)21-14-11-19-18(20-12-14)24-15-8-3-2-4-9-15/h2-12H,1H3,(H2,21,22,23). The molecule has 0 bridgehead atoms. The summed E-state index contributed by atoms with van der Waals surface area (Å²) >= 11 is 0. The average molecular weight is 320 g/mol. The van der Waals surface area contributed by atoms with E-state index in [0.29, 0.717) is 11.4 Å². The lowest BCUT2D eigenvalue weighted by molar-refractivity contribution is 0.262. The van der Waals surface area contributed by atoms with Crippen LogP contribution in [0.15, 0.2) is 67.0 Å². The Morgan fingerprint density at radius 2 is 1.58 bits per heavy atom. The fourth-order valence-electron chi connectivity index (χ4n) is 2.03. The second kappa shape index (κ2) is 7.23. The van der Waals surface area contributed by atoms with Crippen LogP contribution in [0.3, 0.4) is 0 Å². The molecule has 0 radical (unpaired) electrons. The number of amides is 2. The summed E-state index contributed by atoms with van der Waals surface area (Å²) in [7, 11) is 0. The van der Waals surface area contributed by atoms with Crippen molar-refractivity contribution >= 4 is 17.4 Å². The summed E-state index contributed by atoms with van der Waals surface area (Å²) in [5.74, 6) is 0.649. The first-order valence-electron chi connectivity index (χ1n) is 7.39. The van der Waals surface area contributed by atoms with Crippen LogP contribution < -0.4 is 15.4 Å². The lowest BCUT2D eigenvalue weighted by Crippen LogP contribution is -2.20. The zero-order chi connectivity index (χ0) is 16.8. The Morgan fingerprint density at radius 1 is 0.917 bits per heavy atom. The quantitative estimate of drug-likeness (QED) is 0.754. The van der Waals surface area contributed by atoms with Gasteiger partial charge in [0.25, 0.3) is 0 Å². The summed E-state index contributed by atoms with van der Waals surface area (Å²) in [5.41, 5.74) is 2.21. The molecule has 2 N–H and O–H groups in total. The molecule has 0 aliphatic carbocycles. The molecule has 0 aliphatic rings. The van der Waals surface area contributed by atoms with Crippen LogP contribution >= 0.6 is 0 Å². The zero-order valence-electron chi connectivity index (χ0n) is 13.1. The molecule has 0 spiro atoms. The number of nitrogens with one attached hydrogen (secondary N) is 2. The maximum Gasteiger partial charge on any atom is 0.323 e. The van der Waals surface area contributed by atoms with Crippen LogP contribution in [0, 0.1) is 6.92 Å². The van der Waals surface area contributed by atoms with Crippen LogP contribution in [0.2, 0.25) is 0 Å². The normalized spacial score (nSPS) is 10.0. The Balaban J connectivity index is 1.60. The number of benzene rings is 2. The van der Waals surface area contributed by atoms with Gasteiger partial charge >= 0.3 is 12.0 Å². The topological polar surface area (TPSA) is 76.1 Å². The van der Waals surface area contributed by atoms with Crippen molar-refractivity contribution in [3.63, 3.8) is 0 Å². The number of urea groups is 1. The summed E-state index contributed by atoms with van der Waals surface area (Å²) in [6.45, 7) is 1.93. The number of hydrogen-bond acceptors (Lipinski definition) is 4. The smallest absolute Gasteiger partial charge is 0.323 e. The molecular formula is C18H16N4O2. The van der Waals surface area contributed by atoms with Gasteiger partial charge in [0, 0.05) is 5.69 Å². The Hall–Kier alpha value is -3.41. The zero-order valence-corrected chi connectivity index (χ0v) is 13.1. The number of carbonyl (C=O) groups is 1. The monoisotopic (exact) mass is 320 g/mol. The Bertz CT molecular complexity index is 820. The maximum absolute atomic E-state index is 12.0. The van der Waals surface area contributed by atoms with Gasteiger partial charge in [-0.1, -0.05) is 36.4 Å². The molecule has 0 unspecified atom stereocenters. The van der Waals surface area contributed by atoms with Crippen molar-refractivity contribution in [2.24, 2.45) is 0 Å². The summed E-state index contributed by atoms with van der Waals surface area (Å²) in [4.78, 5) is 20.2. The predicted octanol–water partition coefficient (Wildman–Crippen LogP) is 4.22.